The van der Waals surface area contributed by atoms with Crippen LogP contribution in [0.25, 0.3) is 0 Å². The average Bonchev–Trinajstić information content (AvgIpc) is 2.91. The number of nitrogens with two attached hydrogens (primary N) is 1. The van der Waals surface area contributed by atoms with Crippen molar-refractivity contribution in [3.63, 3.8) is 0 Å². The third kappa shape index (κ3) is 3.44. The molecule has 0 saturated carbocycles. The van der Waals surface area contributed by atoms with Gasteiger partial charge in [0, 0.05) is 26.7 Å². The van der Waals surface area contributed by atoms with E-state index < -0.39 is 0 Å². The van der Waals surface area contributed by atoms with Crippen LogP contribution in [-0.4, -0.2) is 41.6 Å². The molecule has 1 saturated heterocycles. The van der Waals surface area contributed by atoms with Gasteiger partial charge in [0.2, 0.25) is 17.8 Å². The third-order valence-electron chi connectivity index (χ3n) is 3.11. The zero-order valence-corrected chi connectivity index (χ0v) is 11.9. The van der Waals surface area contributed by atoms with Gasteiger partial charge in [-0.05, 0) is 18.8 Å². The monoisotopic (exact) mass is 265 g/mol. The normalized spacial score (nSPS) is 15.1. The van der Waals surface area contributed by atoms with E-state index in [9.17, 15) is 0 Å². The second-order valence-electron chi connectivity index (χ2n) is 5.37. The first kappa shape index (κ1) is 13.8. The average molecular weight is 265 g/mol. The summed E-state index contributed by atoms with van der Waals surface area (Å²) in [4.78, 5) is 17.4. The highest BCUT2D eigenvalue weighted by molar-refractivity contribution is 5.44. The Balaban J connectivity index is 2.24. The highest BCUT2D eigenvalue weighted by Crippen LogP contribution is 2.19. The lowest BCUT2D eigenvalue weighted by atomic mass is 10.2. The predicted octanol–water partition coefficient (Wildman–Crippen LogP) is 0.850. The SMILES string of the molecule is CC(C)CN(C)c1nc(NN)nc(N2CCCC2)n1. The Morgan fingerprint density at radius 3 is 2.53 bits per heavy atom. The molecule has 1 aromatic heterocycles. The molecule has 7 nitrogen and oxygen atoms in total. The first-order valence-electron chi connectivity index (χ1n) is 6.79. The molecule has 2 heterocycles. The van der Waals surface area contributed by atoms with Gasteiger partial charge in [0.05, 0.1) is 0 Å². The maximum absolute atomic E-state index is 5.45. The molecule has 0 amide bonds. The van der Waals surface area contributed by atoms with Crippen molar-refractivity contribution in [2.24, 2.45) is 11.8 Å². The second-order valence-corrected chi connectivity index (χ2v) is 5.37. The van der Waals surface area contributed by atoms with Crippen LogP contribution in [0.15, 0.2) is 0 Å². The molecule has 19 heavy (non-hydrogen) atoms. The minimum absolute atomic E-state index is 0.419. The molecule has 0 radical (unpaired) electrons. The van der Waals surface area contributed by atoms with Crippen molar-refractivity contribution in [3.8, 4) is 0 Å². The van der Waals surface area contributed by atoms with Gasteiger partial charge >= 0.3 is 0 Å². The Bertz CT molecular complexity index is 415. The van der Waals surface area contributed by atoms with Crippen LogP contribution in [0, 0.1) is 5.92 Å². The maximum Gasteiger partial charge on any atom is 0.243 e. The Labute approximate surface area is 114 Å². The van der Waals surface area contributed by atoms with Crippen LogP contribution < -0.4 is 21.1 Å². The van der Waals surface area contributed by atoms with Crippen molar-refractivity contribution in [1.82, 2.24) is 15.0 Å². The van der Waals surface area contributed by atoms with Gasteiger partial charge in [-0.1, -0.05) is 13.8 Å². The molecule has 0 unspecified atom stereocenters. The number of aromatic nitrogens is 3. The van der Waals surface area contributed by atoms with E-state index >= 15 is 0 Å². The highest BCUT2D eigenvalue weighted by Gasteiger charge is 2.18. The van der Waals surface area contributed by atoms with Crippen molar-refractivity contribution in [2.75, 3.05) is 41.9 Å². The fourth-order valence-corrected chi connectivity index (χ4v) is 2.28. The molecule has 106 valence electrons. The van der Waals surface area contributed by atoms with Crippen molar-refractivity contribution in [2.45, 2.75) is 26.7 Å². The maximum atomic E-state index is 5.45. The molecule has 2 rings (SSSR count). The van der Waals surface area contributed by atoms with E-state index in [0.717, 1.165) is 19.6 Å². The van der Waals surface area contributed by atoms with Crippen molar-refractivity contribution < 1.29 is 0 Å². The van der Waals surface area contributed by atoms with E-state index in [1.165, 1.54) is 12.8 Å². The van der Waals surface area contributed by atoms with Crippen LogP contribution in [0.2, 0.25) is 0 Å². The summed E-state index contributed by atoms with van der Waals surface area (Å²) in [5, 5.41) is 0. The van der Waals surface area contributed by atoms with Gasteiger partial charge in [0.1, 0.15) is 0 Å². The zero-order valence-electron chi connectivity index (χ0n) is 11.9. The lowest BCUT2D eigenvalue weighted by Crippen LogP contribution is -2.28. The molecule has 1 aromatic rings. The summed E-state index contributed by atoms with van der Waals surface area (Å²) < 4.78 is 0. The molecule has 1 aliphatic heterocycles. The van der Waals surface area contributed by atoms with E-state index in [-0.39, 0.29) is 0 Å². The summed E-state index contributed by atoms with van der Waals surface area (Å²) in [5.74, 6) is 7.79. The Morgan fingerprint density at radius 2 is 1.95 bits per heavy atom. The number of rotatable bonds is 5. The van der Waals surface area contributed by atoms with Crippen LogP contribution in [0.5, 0.6) is 0 Å². The van der Waals surface area contributed by atoms with E-state index in [2.05, 4.69) is 39.1 Å². The van der Waals surface area contributed by atoms with Crippen molar-refractivity contribution in [1.29, 1.82) is 0 Å². The quantitative estimate of drug-likeness (QED) is 0.603. The molecule has 0 aromatic carbocycles. The van der Waals surface area contributed by atoms with Gasteiger partial charge in [0.15, 0.2) is 0 Å². The standard InChI is InChI=1S/C12H23N7/c1-9(2)8-18(3)11-14-10(17-13)15-12(16-11)19-6-4-5-7-19/h9H,4-8,13H2,1-3H3,(H,14,15,16,17). The number of nitrogens with zero attached hydrogens (tertiary/aromatic N) is 5. The number of hydrogen-bond acceptors (Lipinski definition) is 7. The molecule has 0 aliphatic carbocycles. The first-order chi connectivity index (χ1) is 9.10. The number of nitrogen functional groups attached to an aromatic ring is 1. The molecule has 0 bridgehead atoms. The van der Waals surface area contributed by atoms with Gasteiger partial charge in [-0.3, -0.25) is 5.43 Å². The van der Waals surface area contributed by atoms with Crippen LogP contribution in [0.1, 0.15) is 26.7 Å². The summed E-state index contributed by atoms with van der Waals surface area (Å²) in [5.41, 5.74) is 2.52. The van der Waals surface area contributed by atoms with E-state index in [4.69, 9.17) is 5.84 Å². The number of hydrazine groups is 1. The number of hydrogen-bond donors (Lipinski definition) is 2. The summed E-state index contributed by atoms with van der Waals surface area (Å²) in [6.07, 6.45) is 2.38. The summed E-state index contributed by atoms with van der Waals surface area (Å²) in [7, 11) is 1.99. The van der Waals surface area contributed by atoms with Gasteiger partial charge in [0.25, 0.3) is 0 Å². The molecular formula is C12H23N7. The lowest BCUT2D eigenvalue weighted by Gasteiger charge is -2.22. The zero-order chi connectivity index (χ0) is 13.8. The van der Waals surface area contributed by atoms with E-state index in [1.54, 1.807) is 0 Å². The van der Waals surface area contributed by atoms with Crippen LogP contribution >= 0.6 is 0 Å². The largest absolute Gasteiger partial charge is 0.343 e. The molecule has 7 heteroatoms. The number of anilines is 3. The van der Waals surface area contributed by atoms with E-state index in [1.807, 2.05) is 11.9 Å². The van der Waals surface area contributed by atoms with Crippen LogP contribution in [0.4, 0.5) is 17.8 Å². The molecule has 0 atom stereocenters. The third-order valence-corrected chi connectivity index (χ3v) is 3.11. The molecule has 0 spiro atoms. The minimum atomic E-state index is 0.419. The highest BCUT2D eigenvalue weighted by atomic mass is 15.4. The van der Waals surface area contributed by atoms with Crippen molar-refractivity contribution in [3.05, 3.63) is 0 Å². The fraction of sp³-hybridized carbons (Fsp3) is 0.750. The molecule has 1 fully saturated rings. The molecular weight excluding hydrogens is 242 g/mol. The van der Waals surface area contributed by atoms with Crippen molar-refractivity contribution >= 4 is 17.8 Å². The summed E-state index contributed by atoms with van der Waals surface area (Å²) in [6, 6.07) is 0. The lowest BCUT2D eigenvalue weighted by molar-refractivity contribution is 0.628. The smallest absolute Gasteiger partial charge is 0.243 e. The predicted molar refractivity (Wildman–Crippen MR) is 77.2 cm³/mol. The Kier molecular flexibility index (Phi) is 4.36. The van der Waals surface area contributed by atoms with E-state index in [0.29, 0.717) is 23.8 Å². The first-order valence-corrected chi connectivity index (χ1v) is 6.79. The van der Waals surface area contributed by atoms with Gasteiger partial charge in [-0.25, -0.2) is 5.84 Å². The minimum Gasteiger partial charge on any atom is -0.343 e. The van der Waals surface area contributed by atoms with Crippen LogP contribution in [-0.2, 0) is 0 Å². The second kappa shape index (κ2) is 6.01. The topological polar surface area (TPSA) is 83.2 Å². The van der Waals surface area contributed by atoms with Crippen LogP contribution in [0.3, 0.4) is 0 Å². The Morgan fingerprint density at radius 1 is 1.26 bits per heavy atom. The van der Waals surface area contributed by atoms with Gasteiger partial charge < -0.3 is 9.80 Å². The Hall–Kier alpha value is -1.63. The fourth-order valence-electron chi connectivity index (χ4n) is 2.28. The molecule has 3 N–H and O–H groups in total. The summed E-state index contributed by atoms with van der Waals surface area (Å²) >= 11 is 0. The molecule has 1 aliphatic rings. The summed E-state index contributed by atoms with van der Waals surface area (Å²) in [6.45, 7) is 7.23. The van der Waals surface area contributed by atoms with Gasteiger partial charge in [-0.15, -0.1) is 0 Å². The number of nitrogens with one attached hydrogen (secondary N) is 1. The van der Waals surface area contributed by atoms with Gasteiger partial charge in [-0.2, -0.15) is 15.0 Å².